The number of hydrogen-bond acceptors (Lipinski definition) is 4. The number of piperidine rings is 1. The van der Waals surface area contributed by atoms with Crippen molar-refractivity contribution >= 4 is 10.2 Å². The van der Waals surface area contributed by atoms with Gasteiger partial charge in [0, 0.05) is 32.8 Å². The van der Waals surface area contributed by atoms with Gasteiger partial charge in [0.25, 0.3) is 10.2 Å². The lowest BCUT2D eigenvalue weighted by atomic mass is 9.80. The minimum absolute atomic E-state index is 0.0612. The van der Waals surface area contributed by atoms with Crippen LogP contribution < -0.4 is 10.0 Å². The van der Waals surface area contributed by atoms with Gasteiger partial charge in [0.2, 0.25) is 0 Å². The van der Waals surface area contributed by atoms with E-state index >= 15 is 0 Å². The third-order valence-electron chi connectivity index (χ3n) is 4.60. The molecule has 1 saturated carbocycles. The highest BCUT2D eigenvalue weighted by molar-refractivity contribution is 7.87. The standard InChI is InChI=1S/C13H27N3O3S/c1-14-10-12-6-3-4-9-16(12)20(17,18)15-11-13(19-2)7-5-8-13/h12,14-15H,3-11H2,1-2H3. The van der Waals surface area contributed by atoms with Crippen LogP contribution >= 0.6 is 0 Å². The largest absolute Gasteiger partial charge is 0.377 e. The summed E-state index contributed by atoms with van der Waals surface area (Å²) in [5.41, 5.74) is -0.276. The Bertz CT molecular complexity index is 402. The molecule has 0 bridgehead atoms. The van der Waals surface area contributed by atoms with Gasteiger partial charge < -0.3 is 10.1 Å². The molecule has 0 aromatic carbocycles. The number of nitrogens with one attached hydrogen (secondary N) is 2. The van der Waals surface area contributed by atoms with E-state index < -0.39 is 10.2 Å². The number of methoxy groups -OCH3 is 1. The van der Waals surface area contributed by atoms with Crippen LogP contribution in [0.4, 0.5) is 0 Å². The Morgan fingerprint density at radius 2 is 2.05 bits per heavy atom. The summed E-state index contributed by atoms with van der Waals surface area (Å²) < 4.78 is 34.9. The van der Waals surface area contributed by atoms with Gasteiger partial charge in [-0.15, -0.1) is 0 Å². The highest BCUT2D eigenvalue weighted by Gasteiger charge is 2.39. The molecule has 118 valence electrons. The summed E-state index contributed by atoms with van der Waals surface area (Å²) in [6.07, 6.45) is 5.95. The Balaban J connectivity index is 1.97. The molecule has 1 atom stereocenters. The molecule has 0 radical (unpaired) electrons. The summed E-state index contributed by atoms with van der Waals surface area (Å²) in [5, 5.41) is 3.09. The fourth-order valence-electron chi connectivity index (χ4n) is 3.06. The zero-order valence-corrected chi connectivity index (χ0v) is 13.3. The number of ether oxygens (including phenoxy) is 1. The summed E-state index contributed by atoms with van der Waals surface area (Å²) in [6, 6.07) is 0.0612. The molecule has 7 heteroatoms. The molecule has 2 fully saturated rings. The fourth-order valence-corrected chi connectivity index (χ4v) is 4.61. The Morgan fingerprint density at radius 1 is 1.30 bits per heavy atom. The molecule has 2 aliphatic rings. The Kier molecular flexibility index (Phi) is 5.42. The van der Waals surface area contributed by atoms with E-state index in [-0.39, 0.29) is 11.6 Å². The topological polar surface area (TPSA) is 70.7 Å². The second-order valence-corrected chi connectivity index (χ2v) is 7.59. The van der Waals surface area contributed by atoms with E-state index in [1.165, 1.54) is 0 Å². The second kappa shape index (κ2) is 6.70. The molecule has 1 aliphatic carbocycles. The summed E-state index contributed by atoms with van der Waals surface area (Å²) in [7, 11) is 0.116. The molecule has 2 rings (SSSR count). The van der Waals surface area contributed by atoms with E-state index in [4.69, 9.17) is 4.74 Å². The molecule has 1 aliphatic heterocycles. The van der Waals surface area contributed by atoms with E-state index in [1.807, 2.05) is 7.05 Å². The van der Waals surface area contributed by atoms with Crippen molar-refractivity contribution in [2.24, 2.45) is 0 Å². The van der Waals surface area contributed by atoms with Crippen molar-refractivity contribution in [2.75, 3.05) is 33.8 Å². The molecular weight excluding hydrogens is 278 g/mol. The molecule has 1 saturated heterocycles. The van der Waals surface area contributed by atoms with Crippen LogP contribution in [0.5, 0.6) is 0 Å². The zero-order valence-electron chi connectivity index (χ0n) is 12.5. The average molecular weight is 305 g/mol. The predicted molar refractivity (Wildman–Crippen MR) is 78.8 cm³/mol. The monoisotopic (exact) mass is 305 g/mol. The van der Waals surface area contributed by atoms with Crippen LogP contribution in [0, 0.1) is 0 Å². The van der Waals surface area contributed by atoms with E-state index in [9.17, 15) is 8.42 Å². The van der Waals surface area contributed by atoms with E-state index in [2.05, 4.69) is 10.0 Å². The summed E-state index contributed by atoms with van der Waals surface area (Å²) in [5.74, 6) is 0. The summed E-state index contributed by atoms with van der Waals surface area (Å²) >= 11 is 0. The van der Waals surface area contributed by atoms with Crippen LogP contribution in [-0.2, 0) is 14.9 Å². The predicted octanol–water partition coefficient (Wildman–Crippen LogP) is 0.464. The van der Waals surface area contributed by atoms with E-state index in [0.717, 1.165) is 38.5 Å². The van der Waals surface area contributed by atoms with Crippen LogP contribution in [-0.4, -0.2) is 58.2 Å². The van der Waals surface area contributed by atoms with Crippen molar-refractivity contribution in [2.45, 2.75) is 50.2 Å². The lowest BCUT2D eigenvalue weighted by Gasteiger charge is -2.41. The molecule has 0 aromatic rings. The maximum Gasteiger partial charge on any atom is 0.279 e. The molecule has 1 heterocycles. The van der Waals surface area contributed by atoms with Gasteiger partial charge in [-0.2, -0.15) is 17.4 Å². The smallest absolute Gasteiger partial charge is 0.279 e. The molecule has 20 heavy (non-hydrogen) atoms. The number of rotatable bonds is 7. The molecule has 0 aromatic heterocycles. The molecule has 6 nitrogen and oxygen atoms in total. The van der Waals surface area contributed by atoms with Crippen LogP contribution in [0.15, 0.2) is 0 Å². The number of nitrogens with zero attached hydrogens (tertiary/aromatic N) is 1. The fraction of sp³-hybridized carbons (Fsp3) is 1.00. The average Bonchev–Trinajstić information content (AvgIpc) is 2.39. The van der Waals surface area contributed by atoms with Gasteiger partial charge in [-0.25, -0.2) is 0 Å². The van der Waals surface area contributed by atoms with Gasteiger partial charge in [-0.1, -0.05) is 6.42 Å². The first-order valence-electron chi connectivity index (χ1n) is 7.49. The Hall–Kier alpha value is -0.210. The van der Waals surface area contributed by atoms with Gasteiger partial charge >= 0.3 is 0 Å². The molecule has 0 amide bonds. The van der Waals surface area contributed by atoms with Crippen LogP contribution in [0.25, 0.3) is 0 Å². The molecular formula is C13H27N3O3S. The van der Waals surface area contributed by atoms with Gasteiger partial charge in [0.05, 0.1) is 5.60 Å². The van der Waals surface area contributed by atoms with Crippen molar-refractivity contribution in [1.29, 1.82) is 0 Å². The van der Waals surface area contributed by atoms with Crippen molar-refractivity contribution in [3.8, 4) is 0 Å². The number of likely N-dealkylation sites (N-methyl/N-ethyl adjacent to an activating group) is 1. The van der Waals surface area contributed by atoms with E-state index in [1.54, 1.807) is 11.4 Å². The maximum atomic E-state index is 12.5. The molecule has 1 unspecified atom stereocenters. The maximum absolute atomic E-state index is 12.5. The molecule has 2 N–H and O–H groups in total. The number of hydrogen-bond donors (Lipinski definition) is 2. The second-order valence-electron chi connectivity index (χ2n) is 5.88. The van der Waals surface area contributed by atoms with Gasteiger partial charge in [-0.05, 0) is 39.2 Å². The SMILES string of the molecule is CNCC1CCCCN1S(=O)(=O)NCC1(OC)CCC1. The Morgan fingerprint density at radius 3 is 2.60 bits per heavy atom. The normalized spacial score (nSPS) is 27.2. The Labute approximate surface area is 122 Å². The first kappa shape index (κ1) is 16.2. The summed E-state index contributed by atoms with van der Waals surface area (Å²) in [6.45, 7) is 1.70. The highest BCUT2D eigenvalue weighted by Crippen LogP contribution is 2.34. The van der Waals surface area contributed by atoms with Crippen molar-refractivity contribution in [1.82, 2.24) is 14.3 Å². The lowest BCUT2D eigenvalue weighted by molar-refractivity contribution is -0.0661. The van der Waals surface area contributed by atoms with Gasteiger partial charge in [0.1, 0.15) is 0 Å². The molecule has 0 spiro atoms. The lowest BCUT2D eigenvalue weighted by Crippen LogP contribution is -2.56. The third kappa shape index (κ3) is 3.51. The van der Waals surface area contributed by atoms with Crippen molar-refractivity contribution in [3.05, 3.63) is 0 Å². The van der Waals surface area contributed by atoms with Gasteiger partial charge in [0.15, 0.2) is 0 Å². The first-order valence-corrected chi connectivity index (χ1v) is 8.93. The van der Waals surface area contributed by atoms with Crippen molar-refractivity contribution < 1.29 is 13.2 Å². The first-order chi connectivity index (χ1) is 9.53. The van der Waals surface area contributed by atoms with Crippen molar-refractivity contribution in [3.63, 3.8) is 0 Å². The zero-order chi connectivity index (χ0) is 14.6. The third-order valence-corrected chi connectivity index (χ3v) is 6.20. The van der Waals surface area contributed by atoms with Crippen LogP contribution in [0.1, 0.15) is 38.5 Å². The minimum Gasteiger partial charge on any atom is -0.377 e. The van der Waals surface area contributed by atoms with Crippen LogP contribution in [0.2, 0.25) is 0 Å². The van der Waals surface area contributed by atoms with Gasteiger partial charge in [-0.3, -0.25) is 0 Å². The minimum atomic E-state index is -3.41. The summed E-state index contributed by atoms with van der Waals surface area (Å²) in [4.78, 5) is 0. The van der Waals surface area contributed by atoms with E-state index in [0.29, 0.717) is 19.6 Å². The highest BCUT2D eigenvalue weighted by atomic mass is 32.2. The van der Waals surface area contributed by atoms with Crippen LogP contribution in [0.3, 0.4) is 0 Å². The quantitative estimate of drug-likeness (QED) is 0.717.